The molecule has 4 aromatic carbocycles. The van der Waals surface area contributed by atoms with E-state index >= 15 is 0 Å². The van der Waals surface area contributed by atoms with Gasteiger partial charge in [-0.3, -0.25) is 9.69 Å². The number of fused-ring (bicyclic) bond motifs is 1. The highest BCUT2D eigenvalue weighted by molar-refractivity contribution is 5.94. The van der Waals surface area contributed by atoms with Crippen LogP contribution in [0.1, 0.15) is 61.3 Å². The van der Waals surface area contributed by atoms with E-state index < -0.39 is 12.2 Å². The Morgan fingerprint density at radius 2 is 1.67 bits per heavy atom. The number of carboxylic acid groups (broad SMARTS) is 1. The molecule has 1 amide bonds. The number of aliphatic hydroxyl groups excluding tert-OH is 1. The van der Waals surface area contributed by atoms with Gasteiger partial charge in [-0.2, -0.15) is 0 Å². The molecular formula is C41H46N4O6. The monoisotopic (exact) mass is 690 g/mol. The van der Waals surface area contributed by atoms with E-state index in [2.05, 4.69) is 22.4 Å². The second-order valence-electron chi connectivity index (χ2n) is 13.3. The van der Waals surface area contributed by atoms with Crippen LogP contribution in [0.3, 0.4) is 0 Å². The van der Waals surface area contributed by atoms with Crippen molar-refractivity contribution < 1.29 is 24.9 Å². The number of phenolic OH excluding ortho intramolecular Hbond substituents is 1. The van der Waals surface area contributed by atoms with Gasteiger partial charge in [-0.25, -0.2) is 4.79 Å². The number of rotatable bonds is 14. The van der Waals surface area contributed by atoms with Crippen molar-refractivity contribution in [1.82, 2.24) is 10.3 Å². The Balaban J connectivity index is 0.994. The average Bonchev–Trinajstić information content (AvgIpc) is 3.13. The number of aromatic nitrogens is 1. The summed E-state index contributed by atoms with van der Waals surface area (Å²) in [5.74, 6) is 0.740. The molecule has 0 saturated heterocycles. The van der Waals surface area contributed by atoms with Gasteiger partial charge in [-0.1, -0.05) is 60.7 Å². The number of hydrogen-bond donors (Lipinski definition) is 6. The number of pyridine rings is 1. The van der Waals surface area contributed by atoms with Crippen LogP contribution in [0.2, 0.25) is 0 Å². The van der Waals surface area contributed by atoms with Crippen molar-refractivity contribution in [3.8, 4) is 22.6 Å². The van der Waals surface area contributed by atoms with Crippen LogP contribution in [0.25, 0.3) is 22.0 Å². The van der Waals surface area contributed by atoms with Crippen LogP contribution >= 0.6 is 0 Å². The normalized spacial score (nSPS) is 16.5. The first-order valence-corrected chi connectivity index (χ1v) is 17.7. The Morgan fingerprint density at radius 1 is 0.922 bits per heavy atom. The van der Waals surface area contributed by atoms with Gasteiger partial charge in [-0.15, -0.1) is 0 Å². The molecule has 1 aromatic heterocycles. The van der Waals surface area contributed by atoms with Crippen molar-refractivity contribution in [2.24, 2.45) is 5.73 Å². The molecule has 7 N–H and O–H groups in total. The summed E-state index contributed by atoms with van der Waals surface area (Å²) in [6.07, 6.45) is 3.95. The summed E-state index contributed by atoms with van der Waals surface area (Å²) in [6, 6.07) is 30.2. The van der Waals surface area contributed by atoms with E-state index in [1.54, 1.807) is 17.0 Å². The minimum absolute atomic E-state index is 0.0398. The number of H-pyrrole nitrogens is 1. The molecule has 1 fully saturated rings. The number of hydrogen-bond acceptors (Lipinski definition) is 7. The summed E-state index contributed by atoms with van der Waals surface area (Å²) in [6.45, 7) is 1.40. The van der Waals surface area contributed by atoms with Crippen LogP contribution in [0.4, 0.5) is 10.5 Å². The molecule has 1 aliphatic rings. The molecule has 1 saturated carbocycles. The highest BCUT2D eigenvalue weighted by Crippen LogP contribution is 2.36. The van der Waals surface area contributed by atoms with Gasteiger partial charge in [0.25, 0.3) is 0 Å². The number of aryl methyl sites for hydroxylation is 1. The molecule has 1 unspecified atom stereocenters. The molecule has 0 bridgehead atoms. The van der Waals surface area contributed by atoms with E-state index in [4.69, 9.17) is 10.5 Å². The molecule has 1 aliphatic carbocycles. The Morgan fingerprint density at radius 3 is 2.41 bits per heavy atom. The Hall–Kier alpha value is -5.16. The van der Waals surface area contributed by atoms with Gasteiger partial charge in [0.1, 0.15) is 11.5 Å². The fourth-order valence-electron chi connectivity index (χ4n) is 6.95. The van der Waals surface area contributed by atoms with Crippen LogP contribution < -0.4 is 26.2 Å². The fraction of sp³-hybridized carbons (Fsp3) is 0.317. The maximum absolute atomic E-state index is 12.7. The quantitative estimate of drug-likeness (QED) is 0.0688. The molecule has 51 heavy (non-hydrogen) atoms. The number of ether oxygens (including phenoxy) is 1. The molecular weight excluding hydrogens is 644 g/mol. The van der Waals surface area contributed by atoms with Gasteiger partial charge in [0.05, 0.1) is 23.9 Å². The number of carbonyl (C=O) groups is 1. The van der Waals surface area contributed by atoms with Crippen LogP contribution in [0.15, 0.2) is 102 Å². The zero-order valence-electron chi connectivity index (χ0n) is 28.6. The number of nitrogens with one attached hydrogen (secondary N) is 2. The maximum Gasteiger partial charge on any atom is 0.412 e. The summed E-state index contributed by atoms with van der Waals surface area (Å²) in [7, 11) is 0. The lowest BCUT2D eigenvalue weighted by atomic mass is 9.89. The van der Waals surface area contributed by atoms with Crippen LogP contribution in [0, 0.1) is 0 Å². The number of amides is 1. The number of anilines is 1. The van der Waals surface area contributed by atoms with Crippen LogP contribution in [-0.4, -0.2) is 51.6 Å². The van der Waals surface area contributed by atoms with E-state index in [0.717, 1.165) is 78.6 Å². The second-order valence-corrected chi connectivity index (χ2v) is 13.3. The van der Waals surface area contributed by atoms with Gasteiger partial charge in [0, 0.05) is 42.2 Å². The molecule has 10 nitrogen and oxygen atoms in total. The van der Waals surface area contributed by atoms with Gasteiger partial charge < -0.3 is 36.1 Å². The number of unbranched alkanes of at least 4 members (excludes halogenated alkanes) is 1. The fourth-order valence-corrected chi connectivity index (χ4v) is 6.95. The SMILES string of the molecule is NC1CCC(N(C(=O)O)c2cc(CCCCOc3ccc(CNCC(O)c4ccc(O)c5[nH]c(=O)ccc45)cc3)ccc2-c2ccccc2)CC1. The summed E-state index contributed by atoms with van der Waals surface area (Å²) in [5.41, 5.74) is 11.5. The second kappa shape index (κ2) is 16.7. The van der Waals surface area contributed by atoms with E-state index in [1.165, 1.54) is 12.1 Å². The van der Waals surface area contributed by atoms with Crippen molar-refractivity contribution in [2.75, 3.05) is 18.1 Å². The number of aliphatic hydroxyl groups is 1. The molecule has 1 atom stereocenters. The first kappa shape index (κ1) is 35.7. The Kier molecular flexibility index (Phi) is 11.7. The van der Waals surface area contributed by atoms with E-state index in [0.29, 0.717) is 29.6 Å². The van der Waals surface area contributed by atoms with Crippen molar-refractivity contribution >= 4 is 22.7 Å². The van der Waals surface area contributed by atoms with Crippen molar-refractivity contribution in [3.05, 3.63) is 124 Å². The predicted molar refractivity (Wildman–Crippen MR) is 200 cm³/mol. The Labute approximate surface area is 297 Å². The molecule has 6 rings (SSSR count). The van der Waals surface area contributed by atoms with Crippen molar-refractivity contribution in [1.29, 1.82) is 0 Å². The third kappa shape index (κ3) is 8.96. The van der Waals surface area contributed by atoms with Crippen molar-refractivity contribution in [2.45, 2.75) is 69.7 Å². The third-order valence-corrected chi connectivity index (χ3v) is 9.70. The molecule has 0 radical (unpaired) electrons. The lowest BCUT2D eigenvalue weighted by Gasteiger charge is -2.35. The van der Waals surface area contributed by atoms with Crippen LogP contribution in [0.5, 0.6) is 11.5 Å². The van der Waals surface area contributed by atoms with Gasteiger partial charge in [-0.05, 0) is 97.5 Å². The minimum Gasteiger partial charge on any atom is -0.506 e. The first-order chi connectivity index (χ1) is 24.8. The zero-order valence-corrected chi connectivity index (χ0v) is 28.6. The van der Waals surface area contributed by atoms with Gasteiger partial charge >= 0.3 is 6.09 Å². The molecule has 1 heterocycles. The molecule has 5 aromatic rings. The zero-order chi connectivity index (χ0) is 35.7. The minimum atomic E-state index is -0.931. The average molecular weight is 691 g/mol. The third-order valence-electron chi connectivity index (χ3n) is 9.70. The number of phenols is 1. The summed E-state index contributed by atoms with van der Waals surface area (Å²) < 4.78 is 6.01. The largest absolute Gasteiger partial charge is 0.506 e. The molecule has 266 valence electrons. The Bertz CT molecular complexity index is 1970. The number of aromatic hydroxyl groups is 1. The molecule has 10 heteroatoms. The molecule has 0 aliphatic heterocycles. The van der Waals surface area contributed by atoms with E-state index in [-0.39, 0.29) is 29.9 Å². The maximum atomic E-state index is 12.7. The number of nitrogens with zero attached hydrogens (tertiary/aromatic N) is 1. The summed E-state index contributed by atoms with van der Waals surface area (Å²) in [4.78, 5) is 28.6. The lowest BCUT2D eigenvalue weighted by Crippen LogP contribution is -2.44. The number of nitrogens with two attached hydrogens (primary N) is 1. The van der Waals surface area contributed by atoms with Gasteiger partial charge in [0.15, 0.2) is 0 Å². The molecule has 0 spiro atoms. The number of benzene rings is 4. The highest BCUT2D eigenvalue weighted by atomic mass is 16.5. The van der Waals surface area contributed by atoms with Crippen LogP contribution in [-0.2, 0) is 13.0 Å². The smallest absolute Gasteiger partial charge is 0.412 e. The lowest BCUT2D eigenvalue weighted by molar-refractivity contribution is 0.176. The predicted octanol–water partition coefficient (Wildman–Crippen LogP) is 6.88. The summed E-state index contributed by atoms with van der Waals surface area (Å²) in [5, 5.41) is 35.2. The standard InChI is InChI=1S/C41H46N4O6/c42-30-12-14-31(15-13-30)45(41(49)50)36-24-27(11-18-33(36)29-7-2-1-3-8-29)6-4-5-23-51-32-16-9-28(10-17-32)25-43-26-38(47)34-19-21-37(46)40-35(34)20-22-39(48)44-40/h1-3,7-11,16-22,24,30-31,38,43,46-47H,4-6,12-15,23,25-26,42H2,(H,44,48)(H,49,50). The first-order valence-electron chi connectivity index (χ1n) is 17.7. The van der Waals surface area contributed by atoms with E-state index in [9.17, 15) is 24.9 Å². The van der Waals surface area contributed by atoms with E-state index in [1.807, 2.05) is 60.7 Å². The number of aromatic amines is 1. The highest BCUT2D eigenvalue weighted by Gasteiger charge is 2.30. The van der Waals surface area contributed by atoms with Gasteiger partial charge in [0.2, 0.25) is 5.56 Å². The summed E-state index contributed by atoms with van der Waals surface area (Å²) >= 11 is 0. The van der Waals surface area contributed by atoms with Crippen molar-refractivity contribution in [3.63, 3.8) is 0 Å². The topological polar surface area (TPSA) is 161 Å².